The van der Waals surface area contributed by atoms with Crippen molar-refractivity contribution in [3.05, 3.63) is 71.1 Å². The summed E-state index contributed by atoms with van der Waals surface area (Å²) in [4.78, 5) is 19.7. The van der Waals surface area contributed by atoms with Gasteiger partial charge in [-0.05, 0) is 42.5 Å². The molecule has 0 saturated heterocycles. The summed E-state index contributed by atoms with van der Waals surface area (Å²) in [5.74, 6) is 1.64. The first kappa shape index (κ1) is 18.0. The zero-order valence-electron chi connectivity index (χ0n) is 15.1. The maximum atomic E-state index is 13.4. The zero-order valence-corrected chi connectivity index (χ0v) is 16.7. The van der Waals surface area contributed by atoms with Gasteiger partial charge < -0.3 is 13.9 Å². The van der Waals surface area contributed by atoms with Gasteiger partial charge in [-0.3, -0.25) is 9.69 Å². The second-order valence-electron chi connectivity index (χ2n) is 6.41. The SMILES string of the molecule is O=C(c1ccc2c(c1)OCCO2)N(Cc1ccco1)c1nc2c(Cl)cccc2s1. The average Bonchev–Trinajstić information content (AvgIpc) is 3.41. The minimum atomic E-state index is -0.214. The van der Waals surface area contributed by atoms with E-state index in [-0.39, 0.29) is 12.5 Å². The topological polar surface area (TPSA) is 64.8 Å². The Balaban J connectivity index is 1.56. The lowest BCUT2D eigenvalue weighted by atomic mass is 10.1. The van der Waals surface area contributed by atoms with E-state index in [1.807, 2.05) is 18.2 Å². The molecule has 3 heterocycles. The second-order valence-corrected chi connectivity index (χ2v) is 7.83. The Bertz CT molecular complexity index is 1190. The number of anilines is 1. The molecule has 4 aromatic rings. The van der Waals surface area contributed by atoms with Gasteiger partial charge in [0.1, 0.15) is 24.5 Å². The summed E-state index contributed by atoms with van der Waals surface area (Å²) < 4.78 is 17.6. The Labute approximate surface area is 175 Å². The van der Waals surface area contributed by atoms with Gasteiger partial charge >= 0.3 is 0 Å². The number of hydrogen-bond donors (Lipinski definition) is 0. The first-order valence-corrected chi connectivity index (χ1v) is 10.2. The first-order valence-electron chi connectivity index (χ1n) is 8.98. The number of furan rings is 1. The summed E-state index contributed by atoms with van der Waals surface area (Å²) in [6, 6.07) is 14.4. The normalized spacial score (nSPS) is 12.9. The number of amides is 1. The molecule has 5 rings (SSSR count). The number of benzene rings is 2. The van der Waals surface area contributed by atoms with Crippen LogP contribution in [0.25, 0.3) is 10.2 Å². The number of para-hydroxylation sites is 1. The smallest absolute Gasteiger partial charge is 0.260 e. The van der Waals surface area contributed by atoms with E-state index in [9.17, 15) is 4.79 Å². The van der Waals surface area contributed by atoms with Gasteiger partial charge in [-0.25, -0.2) is 4.98 Å². The summed E-state index contributed by atoms with van der Waals surface area (Å²) in [6.45, 7) is 1.20. The van der Waals surface area contributed by atoms with Gasteiger partial charge in [0.2, 0.25) is 0 Å². The van der Waals surface area contributed by atoms with Crippen molar-refractivity contribution in [2.75, 3.05) is 18.1 Å². The Hall–Kier alpha value is -3.03. The van der Waals surface area contributed by atoms with E-state index in [0.717, 1.165) is 4.70 Å². The summed E-state index contributed by atoms with van der Waals surface area (Å²) in [5, 5.41) is 1.10. The molecular formula is C21H15ClN2O4S. The number of fused-ring (bicyclic) bond motifs is 2. The monoisotopic (exact) mass is 426 g/mol. The molecule has 1 amide bonds. The van der Waals surface area contributed by atoms with Crippen LogP contribution in [0.15, 0.2) is 59.2 Å². The highest BCUT2D eigenvalue weighted by atomic mass is 35.5. The molecule has 0 fully saturated rings. The third kappa shape index (κ3) is 3.43. The Kier molecular flexibility index (Phi) is 4.61. The van der Waals surface area contributed by atoms with Crippen LogP contribution in [0.1, 0.15) is 16.1 Å². The lowest BCUT2D eigenvalue weighted by Gasteiger charge is -2.21. The Morgan fingerprint density at radius 1 is 1.10 bits per heavy atom. The maximum absolute atomic E-state index is 13.4. The van der Waals surface area contributed by atoms with Gasteiger partial charge in [0.15, 0.2) is 16.6 Å². The third-order valence-electron chi connectivity index (χ3n) is 4.52. The van der Waals surface area contributed by atoms with Gasteiger partial charge in [0.05, 0.1) is 22.5 Å². The minimum Gasteiger partial charge on any atom is -0.486 e. The molecule has 2 aromatic carbocycles. The molecule has 8 heteroatoms. The average molecular weight is 427 g/mol. The van der Waals surface area contributed by atoms with Crippen LogP contribution in [-0.4, -0.2) is 24.1 Å². The van der Waals surface area contributed by atoms with Gasteiger partial charge in [-0.2, -0.15) is 0 Å². The Morgan fingerprint density at radius 3 is 2.76 bits per heavy atom. The fourth-order valence-corrected chi connectivity index (χ4v) is 4.40. The van der Waals surface area contributed by atoms with E-state index in [2.05, 4.69) is 4.98 Å². The van der Waals surface area contributed by atoms with Crippen molar-refractivity contribution in [1.29, 1.82) is 0 Å². The largest absolute Gasteiger partial charge is 0.486 e. The highest BCUT2D eigenvalue weighted by Gasteiger charge is 2.25. The van der Waals surface area contributed by atoms with E-state index in [1.54, 1.807) is 41.5 Å². The van der Waals surface area contributed by atoms with E-state index in [4.69, 9.17) is 25.5 Å². The van der Waals surface area contributed by atoms with Crippen LogP contribution in [0.5, 0.6) is 11.5 Å². The van der Waals surface area contributed by atoms with Crippen LogP contribution in [0.2, 0.25) is 5.02 Å². The fourth-order valence-electron chi connectivity index (χ4n) is 3.14. The molecule has 1 aliphatic rings. The molecule has 0 saturated carbocycles. The predicted octanol–water partition coefficient (Wildman–Crippen LogP) is 5.16. The molecule has 0 bridgehead atoms. The van der Waals surface area contributed by atoms with Crippen LogP contribution in [0.3, 0.4) is 0 Å². The first-order chi connectivity index (χ1) is 14.2. The minimum absolute atomic E-state index is 0.214. The van der Waals surface area contributed by atoms with E-state index >= 15 is 0 Å². The third-order valence-corrected chi connectivity index (χ3v) is 5.87. The molecular weight excluding hydrogens is 412 g/mol. The molecule has 0 N–H and O–H groups in total. The van der Waals surface area contributed by atoms with Crippen LogP contribution in [0.4, 0.5) is 5.13 Å². The van der Waals surface area contributed by atoms with Crippen molar-refractivity contribution in [3.8, 4) is 11.5 Å². The molecule has 6 nitrogen and oxygen atoms in total. The molecule has 146 valence electrons. The molecule has 0 spiro atoms. The second kappa shape index (κ2) is 7.42. The van der Waals surface area contributed by atoms with Crippen LogP contribution in [0, 0.1) is 0 Å². The zero-order chi connectivity index (χ0) is 19.8. The Morgan fingerprint density at radius 2 is 1.97 bits per heavy atom. The van der Waals surface area contributed by atoms with Gasteiger partial charge in [-0.15, -0.1) is 0 Å². The van der Waals surface area contributed by atoms with E-state index in [1.165, 1.54) is 11.3 Å². The van der Waals surface area contributed by atoms with E-state index in [0.29, 0.717) is 51.7 Å². The van der Waals surface area contributed by atoms with Gasteiger partial charge in [-0.1, -0.05) is 29.0 Å². The highest BCUT2D eigenvalue weighted by molar-refractivity contribution is 7.22. The molecule has 0 atom stereocenters. The fraction of sp³-hybridized carbons (Fsp3) is 0.143. The number of thiazole rings is 1. The van der Waals surface area contributed by atoms with Crippen molar-refractivity contribution >= 4 is 44.2 Å². The maximum Gasteiger partial charge on any atom is 0.260 e. The lowest BCUT2D eigenvalue weighted by molar-refractivity contribution is 0.0982. The summed E-state index contributed by atoms with van der Waals surface area (Å²) in [6.07, 6.45) is 1.58. The number of aromatic nitrogens is 1. The lowest BCUT2D eigenvalue weighted by Crippen LogP contribution is -2.30. The molecule has 2 aromatic heterocycles. The number of carbonyl (C=O) groups excluding carboxylic acids is 1. The standard InChI is InChI=1S/C21H15ClN2O4S/c22-15-4-1-5-18-19(15)23-21(29-18)24(12-14-3-2-8-26-14)20(25)13-6-7-16-17(11-13)28-10-9-27-16/h1-8,11H,9-10,12H2. The van der Waals surface area contributed by atoms with Crippen molar-refractivity contribution in [2.45, 2.75) is 6.54 Å². The molecule has 0 radical (unpaired) electrons. The van der Waals surface area contributed by atoms with Crippen molar-refractivity contribution in [1.82, 2.24) is 4.98 Å². The highest BCUT2D eigenvalue weighted by Crippen LogP contribution is 2.36. The molecule has 29 heavy (non-hydrogen) atoms. The van der Waals surface area contributed by atoms with Crippen molar-refractivity contribution < 1.29 is 18.7 Å². The van der Waals surface area contributed by atoms with Crippen molar-refractivity contribution in [2.24, 2.45) is 0 Å². The molecule has 0 unspecified atom stereocenters. The number of nitrogens with zero attached hydrogens (tertiary/aromatic N) is 2. The summed E-state index contributed by atoms with van der Waals surface area (Å²) >= 11 is 7.69. The number of hydrogen-bond acceptors (Lipinski definition) is 6. The van der Waals surface area contributed by atoms with Crippen LogP contribution >= 0.6 is 22.9 Å². The van der Waals surface area contributed by atoms with Crippen LogP contribution in [-0.2, 0) is 6.54 Å². The number of halogens is 1. The van der Waals surface area contributed by atoms with Gasteiger partial charge in [0, 0.05) is 5.56 Å². The summed E-state index contributed by atoms with van der Waals surface area (Å²) in [7, 11) is 0. The van der Waals surface area contributed by atoms with E-state index < -0.39 is 0 Å². The quantitative estimate of drug-likeness (QED) is 0.451. The number of ether oxygens (including phenoxy) is 2. The van der Waals surface area contributed by atoms with Crippen molar-refractivity contribution in [3.63, 3.8) is 0 Å². The summed E-state index contributed by atoms with van der Waals surface area (Å²) in [5.41, 5.74) is 1.15. The number of rotatable bonds is 4. The molecule has 0 aliphatic carbocycles. The van der Waals surface area contributed by atoms with Gasteiger partial charge in [0.25, 0.3) is 5.91 Å². The molecule has 1 aliphatic heterocycles. The van der Waals surface area contributed by atoms with Crippen LogP contribution < -0.4 is 14.4 Å². The predicted molar refractivity (Wildman–Crippen MR) is 111 cm³/mol. The number of carbonyl (C=O) groups is 1.